The molecular formula is C16H17NO3. The van der Waals surface area contributed by atoms with Crippen LogP contribution >= 0.6 is 0 Å². The number of benzene rings is 1. The van der Waals surface area contributed by atoms with E-state index in [9.17, 15) is 9.59 Å². The lowest BCUT2D eigenvalue weighted by Gasteiger charge is -2.31. The highest BCUT2D eigenvalue weighted by Gasteiger charge is 2.49. The summed E-state index contributed by atoms with van der Waals surface area (Å²) in [4.78, 5) is 26.1. The lowest BCUT2D eigenvalue weighted by molar-refractivity contribution is -0.148. The van der Waals surface area contributed by atoms with Crippen LogP contribution in [0.3, 0.4) is 0 Å². The van der Waals surface area contributed by atoms with Crippen LogP contribution in [0.4, 0.5) is 0 Å². The summed E-state index contributed by atoms with van der Waals surface area (Å²) in [7, 11) is 1.38. The minimum absolute atomic E-state index is 0.00470. The maximum Gasteiger partial charge on any atom is 0.310 e. The fourth-order valence-electron chi connectivity index (χ4n) is 3.20. The van der Waals surface area contributed by atoms with Gasteiger partial charge in [0.1, 0.15) is 0 Å². The van der Waals surface area contributed by atoms with E-state index in [0.717, 1.165) is 5.56 Å². The molecule has 3 atom stereocenters. The summed E-state index contributed by atoms with van der Waals surface area (Å²) in [6.45, 7) is 0.680. The third-order valence-electron chi connectivity index (χ3n) is 4.15. The Balaban J connectivity index is 1.86. The highest BCUT2D eigenvalue weighted by molar-refractivity contribution is 5.99. The molecule has 2 aliphatic rings. The smallest absolute Gasteiger partial charge is 0.310 e. The van der Waals surface area contributed by atoms with Crippen LogP contribution in [0.15, 0.2) is 42.5 Å². The van der Waals surface area contributed by atoms with Crippen molar-refractivity contribution < 1.29 is 14.3 Å². The average Bonchev–Trinajstić information content (AvgIpc) is 2.73. The van der Waals surface area contributed by atoms with Crippen molar-refractivity contribution in [3.63, 3.8) is 0 Å². The Morgan fingerprint density at radius 2 is 2.10 bits per heavy atom. The molecule has 1 fully saturated rings. The second kappa shape index (κ2) is 5.21. The third-order valence-corrected chi connectivity index (χ3v) is 4.15. The lowest BCUT2D eigenvalue weighted by atomic mass is 9.97. The molecule has 0 radical (unpaired) electrons. The number of carbonyl (C=O) groups is 2. The summed E-state index contributed by atoms with van der Waals surface area (Å²) in [5, 5.41) is 0. The number of hydrogen-bond acceptors (Lipinski definition) is 4. The van der Waals surface area contributed by atoms with Crippen molar-refractivity contribution in [3.8, 4) is 0 Å². The van der Waals surface area contributed by atoms with Gasteiger partial charge in [-0.25, -0.2) is 0 Å². The first-order chi connectivity index (χ1) is 9.70. The van der Waals surface area contributed by atoms with E-state index < -0.39 is 0 Å². The molecule has 0 N–H and O–H groups in total. The van der Waals surface area contributed by atoms with E-state index in [-0.39, 0.29) is 29.8 Å². The number of rotatable bonds is 3. The first-order valence-electron chi connectivity index (χ1n) is 6.80. The molecule has 1 saturated heterocycles. The number of ether oxygens (including phenoxy) is 1. The zero-order valence-electron chi connectivity index (χ0n) is 11.4. The van der Waals surface area contributed by atoms with Crippen LogP contribution in [0, 0.1) is 5.92 Å². The molecule has 2 bridgehead atoms. The fraction of sp³-hybridized carbons (Fsp3) is 0.375. The van der Waals surface area contributed by atoms with Crippen molar-refractivity contribution >= 4 is 11.8 Å². The molecule has 4 nitrogen and oxygen atoms in total. The van der Waals surface area contributed by atoms with E-state index in [4.69, 9.17) is 4.74 Å². The zero-order chi connectivity index (χ0) is 14.1. The number of fused-ring (bicyclic) bond motifs is 2. The minimum atomic E-state index is -0.377. The maximum atomic E-state index is 12.1. The van der Waals surface area contributed by atoms with Crippen LogP contribution in [0.25, 0.3) is 0 Å². The van der Waals surface area contributed by atoms with E-state index in [1.165, 1.54) is 7.11 Å². The Labute approximate surface area is 118 Å². The van der Waals surface area contributed by atoms with Crippen LogP contribution in [-0.2, 0) is 20.9 Å². The van der Waals surface area contributed by atoms with Crippen molar-refractivity contribution in [2.24, 2.45) is 5.92 Å². The number of ketones is 1. The van der Waals surface area contributed by atoms with E-state index in [1.54, 1.807) is 6.08 Å². The van der Waals surface area contributed by atoms with Gasteiger partial charge in [0, 0.05) is 12.6 Å². The zero-order valence-corrected chi connectivity index (χ0v) is 11.4. The number of nitrogens with zero attached hydrogens (tertiary/aromatic N) is 1. The molecule has 2 aliphatic heterocycles. The highest BCUT2D eigenvalue weighted by atomic mass is 16.5. The van der Waals surface area contributed by atoms with Crippen molar-refractivity contribution in [2.75, 3.05) is 7.11 Å². The van der Waals surface area contributed by atoms with Crippen LogP contribution in [0.1, 0.15) is 12.0 Å². The van der Waals surface area contributed by atoms with Gasteiger partial charge in [-0.2, -0.15) is 0 Å². The molecule has 0 aromatic heterocycles. The normalized spacial score (nSPS) is 28.6. The summed E-state index contributed by atoms with van der Waals surface area (Å²) in [6.07, 6.45) is 4.18. The molecule has 0 amide bonds. The van der Waals surface area contributed by atoms with Gasteiger partial charge in [0.2, 0.25) is 0 Å². The van der Waals surface area contributed by atoms with Crippen LogP contribution in [0.5, 0.6) is 0 Å². The number of methoxy groups -OCH3 is 1. The van der Waals surface area contributed by atoms with Crippen LogP contribution in [0.2, 0.25) is 0 Å². The Kier molecular flexibility index (Phi) is 3.40. The first-order valence-corrected chi connectivity index (χ1v) is 6.80. The molecule has 1 aromatic carbocycles. The Hall–Kier alpha value is -1.94. The van der Waals surface area contributed by atoms with Gasteiger partial charge in [-0.3, -0.25) is 14.5 Å². The summed E-state index contributed by atoms with van der Waals surface area (Å²) in [5.41, 5.74) is 1.15. The van der Waals surface area contributed by atoms with Gasteiger partial charge >= 0.3 is 5.97 Å². The molecular weight excluding hydrogens is 254 g/mol. The number of carbonyl (C=O) groups excluding carboxylic acids is 2. The minimum Gasteiger partial charge on any atom is -0.469 e. The topological polar surface area (TPSA) is 46.6 Å². The first kappa shape index (κ1) is 13.1. The molecule has 4 heteroatoms. The molecule has 3 rings (SSSR count). The van der Waals surface area contributed by atoms with Gasteiger partial charge < -0.3 is 4.74 Å². The number of hydrogen-bond donors (Lipinski definition) is 0. The van der Waals surface area contributed by atoms with Gasteiger partial charge in [0.25, 0.3) is 0 Å². The summed E-state index contributed by atoms with van der Waals surface area (Å²) in [5.74, 6) is -0.631. The molecule has 0 saturated carbocycles. The largest absolute Gasteiger partial charge is 0.469 e. The average molecular weight is 271 g/mol. The van der Waals surface area contributed by atoms with Crippen molar-refractivity contribution in [2.45, 2.75) is 25.0 Å². The Morgan fingerprint density at radius 3 is 2.80 bits per heavy atom. The van der Waals surface area contributed by atoms with E-state index in [0.29, 0.717) is 13.0 Å². The second-order valence-corrected chi connectivity index (χ2v) is 5.30. The van der Waals surface area contributed by atoms with Gasteiger partial charge in [-0.15, -0.1) is 0 Å². The van der Waals surface area contributed by atoms with Crippen molar-refractivity contribution in [1.82, 2.24) is 4.90 Å². The Morgan fingerprint density at radius 1 is 1.35 bits per heavy atom. The SMILES string of the molecule is COC(=O)[C@@H]1C[C@@H]2C=CC(=O)[C@H]1N2Cc1ccccc1. The second-order valence-electron chi connectivity index (χ2n) is 5.30. The van der Waals surface area contributed by atoms with Crippen molar-refractivity contribution in [1.29, 1.82) is 0 Å². The standard InChI is InChI=1S/C16H17NO3/c1-20-16(19)13-9-12-7-8-14(18)15(13)17(12)10-11-5-3-2-4-6-11/h2-8,12-13,15H,9-10H2,1H3/t12-,13+,15-/m0/s1. The van der Waals surface area contributed by atoms with Gasteiger partial charge in [-0.05, 0) is 18.1 Å². The highest BCUT2D eigenvalue weighted by Crippen LogP contribution is 2.36. The van der Waals surface area contributed by atoms with Gasteiger partial charge in [-0.1, -0.05) is 36.4 Å². The maximum absolute atomic E-state index is 12.1. The summed E-state index contributed by atoms with van der Waals surface area (Å²) in [6, 6.07) is 9.77. The molecule has 0 unspecified atom stereocenters. The predicted molar refractivity (Wildman–Crippen MR) is 73.8 cm³/mol. The van der Waals surface area contributed by atoms with E-state index in [1.807, 2.05) is 36.4 Å². The van der Waals surface area contributed by atoms with Gasteiger partial charge in [0.05, 0.1) is 19.1 Å². The number of esters is 1. The Bertz CT molecular complexity index is 552. The summed E-state index contributed by atoms with van der Waals surface area (Å²) < 4.78 is 4.84. The molecule has 104 valence electrons. The van der Waals surface area contributed by atoms with Crippen LogP contribution in [-0.4, -0.2) is 35.8 Å². The lowest BCUT2D eigenvalue weighted by Crippen LogP contribution is -2.45. The monoisotopic (exact) mass is 271 g/mol. The fourth-order valence-corrected chi connectivity index (χ4v) is 3.20. The van der Waals surface area contributed by atoms with E-state index in [2.05, 4.69) is 4.90 Å². The summed E-state index contributed by atoms with van der Waals surface area (Å²) >= 11 is 0. The molecule has 0 spiro atoms. The van der Waals surface area contributed by atoms with Crippen LogP contribution < -0.4 is 0 Å². The predicted octanol–water partition coefficient (Wildman–Crippen LogP) is 1.56. The molecule has 1 aromatic rings. The molecule has 20 heavy (non-hydrogen) atoms. The molecule has 2 heterocycles. The quantitative estimate of drug-likeness (QED) is 0.783. The van der Waals surface area contributed by atoms with Crippen molar-refractivity contribution in [3.05, 3.63) is 48.0 Å². The molecule has 0 aliphatic carbocycles. The van der Waals surface area contributed by atoms with Gasteiger partial charge in [0.15, 0.2) is 5.78 Å². The third kappa shape index (κ3) is 2.16. The van der Waals surface area contributed by atoms with E-state index >= 15 is 0 Å².